The van der Waals surface area contributed by atoms with E-state index in [0.29, 0.717) is 0 Å². The molecule has 1 unspecified atom stereocenters. The molecule has 26 valence electrons. The largest absolute Gasteiger partial charge is 1.00 e. The van der Waals surface area contributed by atoms with Crippen LogP contribution in [0.15, 0.2) is 0 Å². The van der Waals surface area contributed by atoms with Crippen LogP contribution >= 0.6 is 9.90 Å². The van der Waals surface area contributed by atoms with Crippen molar-refractivity contribution in [3.8, 4) is 0 Å². The van der Waals surface area contributed by atoms with Crippen LogP contribution < -0.4 is 29.6 Å². The van der Waals surface area contributed by atoms with Crippen LogP contribution in [0.5, 0.6) is 0 Å². The molecule has 0 saturated carbocycles. The van der Waals surface area contributed by atoms with Crippen molar-refractivity contribution in [1.29, 1.82) is 0 Å². The quantitative estimate of drug-likeness (QED) is 0.214. The molecule has 4 N–H and O–H groups in total. The van der Waals surface area contributed by atoms with Crippen LogP contribution in [-0.4, -0.2) is 11.0 Å². The van der Waals surface area contributed by atoms with E-state index in [2.05, 4.69) is 0 Å². The van der Waals surface area contributed by atoms with Crippen molar-refractivity contribution >= 4 is 9.90 Å². The molecule has 0 aromatic heterocycles. The van der Waals surface area contributed by atoms with Crippen molar-refractivity contribution in [3.63, 3.8) is 0 Å². The average molecular weight is 94.0 g/mol. The Morgan fingerprint density at radius 2 is 1.00 bits per heavy atom. The minimum Gasteiger partial charge on any atom is -1.00 e. The van der Waals surface area contributed by atoms with Crippen molar-refractivity contribution < 1.29 is 41.9 Å². The molecule has 2 nitrogen and oxygen atoms in total. The summed E-state index contributed by atoms with van der Waals surface area (Å²) < 4.78 is 0. The van der Waals surface area contributed by atoms with E-state index in [1.165, 1.54) is 0 Å². The summed E-state index contributed by atoms with van der Waals surface area (Å²) in [7, 11) is 0. The van der Waals surface area contributed by atoms with Gasteiger partial charge >= 0.3 is 29.6 Å². The van der Waals surface area contributed by atoms with Gasteiger partial charge in [0.1, 0.15) is 0 Å². The van der Waals surface area contributed by atoms with Crippen LogP contribution in [0.25, 0.3) is 0 Å². The van der Waals surface area contributed by atoms with Crippen LogP contribution in [0, 0.1) is 0 Å². The molecule has 0 saturated heterocycles. The average Bonchev–Trinajstić information content (AvgIpc) is 0. The van der Waals surface area contributed by atoms with E-state index in [-0.39, 0.29) is 51.8 Å². The van der Waals surface area contributed by atoms with E-state index < -0.39 is 0 Å². The first-order chi connectivity index (χ1) is 0. The molecule has 0 heterocycles. The topological polar surface area (TPSA) is 63.0 Å². The maximum atomic E-state index is 0. The Kier molecular flexibility index (Phi) is 372. The van der Waals surface area contributed by atoms with Crippen LogP contribution in [0.4, 0.5) is 0 Å². The summed E-state index contributed by atoms with van der Waals surface area (Å²) in [6, 6.07) is 0. The second-order valence-electron chi connectivity index (χ2n) is 0. The van der Waals surface area contributed by atoms with Crippen LogP contribution in [-0.2, 0) is 0 Å². The Morgan fingerprint density at radius 1 is 1.00 bits per heavy atom. The van der Waals surface area contributed by atoms with E-state index in [1.54, 1.807) is 0 Å². The standard InChI is InChI=1S/Na.2H2O.H3P.H/h;2*1H2;1H3;/q+1;;;;-1. The first-order valence-electron chi connectivity index (χ1n) is 0. The van der Waals surface area contributed by atoms with E-state index >= 15 is 0 Å². The molecular formula is H8NaO2P. The minimum atomic E-state index is 0. The molecule has 4 heteroatoms. The predicted octanol–water partition coefficient (Wildman–Crippen LogP) is -4.47. The normalized spacial score (nSPS) is 0. The van der Waals surface area contributed by atoms with Gasteiger partial charge in [-0.2, -0.15) is 9.90 Å². The summed E-state index contributed by atoms with van der Waals surface area (Å²) in [6.07, 6.45) is 0. The van der Waals surface area contributed by atoms with Gasteiger partial charge < -0.3 is 12.4 Å². The third kappa shape index (κ3) is 10.2. The fourth-order valence-electron chi connectivity index (χ4n) is 0. The van der Waals surface area contributed by atoms with Gasteiger partial charge in [0.05, 0.1) is 0 Å². The first kappa shape index (κ1) is 55.5. The molecule has 0 radical (unpaired) electrons. The maximum absolute atomic E-state index is 0. The summed E-state index contributed by atoms with van der Waals surface area (Å²) >= 11 is 0. The summed E-state index contributed by atoms with van der Waals surface area (Å²) in [5, 5.41) is 0. The Bertz CT molecular complexity index is 9.61. The van der Waals surface area contributed by atoms with Gasteiger partial charge in [0.2, 0.25) is 0 Å². The van der Waals surface area contributed by atoms with Crippen LogP contribution in [0.3, 0.4) is 0 Å². The molecule has 0 aliphatic carbocycles. The second kappa shape index (κ2) is 26.8. The number of hydrogen-bond donors (Lipinski definition) is 0. The molecule has 0 rings (SSSR count). The summed E-state index contributed by atoms with van der Waals surface area (Å²) in [4.78, 5) is 0. The molecule has 0 aliphatic heterocycles. The van der Waals surface area contributed by atoms with Gasteiger partial charge in [0.15, 0.2) is 0 Å². The minimum absolute atomic E-state index is 0. The molecule has 0 bridgehead atoms. The third-order valence-corrected chi connectivity index (χ3v) is 0. The van der Waals surface area contributed by atoms with Gasteiger partial charge in [-0.3, -0.25) is 0 Å². The van der Waals surface area contributed by atoms with Crippen molar-refractivity contribution in [2.45, 2.75) is 0 Å². The summed E-state index contributed by atoms with van der Waals surface area (Å²) in [5.41, 5.74) is 0. The van der Waals surface area contributed by atoms with Gasteiger partial charge in [-0.25, -0.2) is 0 Å². The Hall–Kier alpha value is 1.35. The maximum Gasteiger partial charge on any atom is 1.00 e. The Labute approximate surface area is 52.0 Å². The molecule has 0 aliphatic rings. The van der Waals surface area contributed by atoms with E-state index in [9.17, 15) is 0 Å². The molecule has 0 spiro atoms. The van der Waals surface area contributed by atoms with Gasteiger partial charge in [-0.1, -0.05) is 0 Å². The third-order valence-electron chi connectivity index (χ3n) is 0. The van der Waals surface area contributed by atoms with Crippen molar-refractivity contribution in [1.82, 2.24) is 0 Å². The van der Waals surface area contributed by atoms with Gasteiger partial charge in [0, 0.05) is 0 Å². The molecular weight excluding hydrogens is 86.0 g/mol. The first-order valence-corrected chi connectivity index (χ1v) is 0. The fourth-order valence-corrected chi connectivity index (χ4v) is 0. The van der Waals surface area contributed by atoms with Crippen molar-refractivity contribution in [2.75, 3.05) is 0 Å². The van der Waals surface area contributed by atoms with Crippen molar-refractivity contribution in [3.05, 3.63) is 0 Å². The molecule has 0 amide bonds. The SMILES string of the molecule is O.O.P.[H-].[Na+]. The summed E-state index contributed by atoms with van der Waals surface area (Å²) in [5.74, 6) is 0. The van der Waals surface area contributed by atoms with Gasteiger partial charge in [-0.05, 0) is 0 Å². The molecule has 1 atom stereocenters. The molecule has 0 aromatic carbocycles. The fraction of sp³-hybridized carbons (Fsp3) is 0. The van der Waals surface area contributed by atoms with Crippen LogP contribution in [0.1, 0.15) is 1.43 Å². The zero-order valence-electron chi connectivity index (χ0n) is 3.71. The molecule has 0 aromatic rings. The van der Waals surface area contributed by atoms with Gasteiger partial charge in [0.25, 0.3) is 0 Å². The van der Waals surface area contributed by atoms with Crippen molar-refractivity contribution in [2.24, 2.45) is 0 Å². The van der Waals surface area contributed by atoms with Gasteiger partial charge in [-0.15, -0.1) is 0 Å². The number of rotatable bonds is 0. The molecule has 0 fully saturated rings. The monoisotopic (exact) mass is 94.0 g/mol. The zero-order valence-corrected chi connectivity index (χ0v) is 6.12. The molecule has 4 heavy (non-hydrogen) atoms. The number of hydrogen-bond acceptors (Lipinski definition) is 0. The summed E-state index contributed by atoms with van der Waals surface area (Å²) in [6.45, 7) is 0. The smallest absolute Gasteiger partial charge is 1.00 e. The Morgan fingerprint density at radius 3 is 1.00 bits per heavy atom. The zero-order chi connectivity index (χ0) is 0. The van der Waals surface area contributed by atoms with Crippen LogP contribution in [0.2, 0.25) is 0 Å². The Balaban J connectivity index is 0. The predicted molar refractivity (Wildman–Crippen MR) is 19.4 cm³/mol. The van der Waals surface area contributed by atoms with E-state index in [4.69, 9.17) is 0 Å². The van der Waals surface area contributed by atoms with E-state index in [1.807, 2.05) is 0 Å². The van der Waals surface area contributed by atoms with E-state index in [0.717, 1.165) is 0 Å². The second-order valence-corrected chi connectivity index (χ2v) is 0.